The van der Waals surface area contributed by atoms with E-state index in [4.69, 9.17) is 16.0 Å². The highest BCUT2D eigenvalue weighted by atomic mass is 35.5. The van der Waals surface area contributed by atoms with E-state index in [2.05, 4.69) is 23.9 Å². The number of aryl methyl sites for hydroxylation is 2. The van der Waals surface area contributed by atoms with Crippen LogP contribution in [0.1, 0.15) is 22.9 Å². The van der Waals surface area contributed by atoms with Crippen molar-refractivity contribution in [2.45, 2.75) is 26.8 Å². The van der Waals surface area contributed by atoms with Crippen LogP contribution in [-0.4, -0.2) is 19.2 Å². The van der Waals surface area contributed by atoms with Crippen LogP contribution >= 0.6 is 22.9 Å². The van der Waals surface area contributed by atoms with Gasteiger partial charge in [0.05, 0.1) is 18.2 Å². The molecule has 4 heterocycles. The normalized spacial score (nSPS) is 11.7. The van der Waals surface area contributed by atoms with E-state index in [-0.39, 0.29) is 5.69 Å². The Morgan fingerprint density at radius 2 is 2.00 bits per heavy atom. The van der Waals surface area contributed by atoms with E-state index in [1.165, 1.54) is 15.0 Å². The van der Waals surface area contributed by atoms with Crippen molar-refractivity contribution in [2.24, 2.45) is 0 Å². The lowest BCUT2D eigenvalue weighted by Gasteiger charge is -2.09. The molecule has 8 heteroatoms. The van der Waals surface area contributed by atoms with Gasteiger partial charge in [0, 0.05) is 9.90 Å². The van der Waals surface area contributed by atoms with Gasteiger partial charge < -0.3 is 4.42 Å². The van der Waals surface area contributed by atoms with Crippen molar-refractivity contribution >= 4 is 38.8 Å². The Balaban J connectivity index is 1.82. The molecule has 0 fully saturated rings. The molecule has 0 bridgehead atoms. The molecule has 0 atom stereocenters. The van der Waals surface area contributed by atoms with Crippen LogP contribution in [-0.2, 0) is 13.0 Å². The SMILES string of the molecule is CCc1c(C)sc2c1c1nc(-c3ccco3)nn1c(=O)n2Cc1ccc(Cl)cc1. The predicted molar refractivity (Wildman–Crippen MR) is 115 cm³/mol. The molecular weight excluding hydrogens is 408 g/mol. The van der Waals surface area contributed by atoms with Crippen LogP contribution < -0.4 is 5.69 Å². The molecule has 1 aromatic carbocycles. The van der Waals surface area contributed by atoms with E-state index in [0.717, 1.165) is 22.2 Å². The first-order chi connectivity index (χ1) is 14.1. The van der Waals surface area contributed by atoms with Crippen LogP contribution in [0.5, 0.6) is 0 Å². The number of benzene rings is 1. The molecule has 5 aromatic rings. The molecule has 0 saturated heterocycles. The molecular formula is C21H17ClN4O2S. The van der Waals surface area contributed by atoms with Crippen LogP contribution in [0.2, 0.25) is 5.02 Å². The van der Waals surface area contributed by atoms with Gasteiger partial charge in [0.2, 0.25) is 5.82 Å². The van der Waals surface area contributed by atoms with Crippen LogP contribution in [0.4, 0.5) is 0 Å². The second-order valence-electron chi connectivity index (χ2n) is 6.81. The minimum Gasteiger partial charge on any atom is -0.461 e. The van der Waals surface area contributed by atoms with E-state index in [9.17, 15) is 4.79 Å². The zero-order chi connectivity index (χ0) is 20.1. The lowest BCUT2D eigenvalue weighted by Crippen LogP contribution is -2.28. The first kappa shape index (κ1) is 18.1. The van der Waals surface area contributed by atoms with Crippen molar-refractivity contribution in [3.05, 3.63) is 74.2 Å². The number of furan rings is 1. The Labute approximate surface area is 175 Å². The van der Waals surface area contributed by atoms with Gasteiger partial charge >= 0.3 is 5.69 Å². The van der Waals surface area contributed by atoms with Gasteiger partial charge in [-0.25, -0.2) is 9.78 Å². The Morgan fingerprint density at radius 1 is 1.21 bits per heavy atom. The van der Waals surface area contributed by atoms with Gasteiger partial charge in [0.25, 0.3) is 0 Å². The molecule has 6 nitrogen and oxygen atoms in total. The molecule has 146 valence electrons. The lowest BCUT2D eigenvalue weighted by molar-refractivity contribution is 0.576. The smallest absolute Gasteiger partial charge is 0.352 e. The summed E-state index contributed by atoms with van der Waals surface area (Å²) in [6.45, 7) is 4.63. The van der Waals surface area contributed by atoms with Crippen LogP contribution in [0.25, 0.3) is 27.4 Å². The number of fused-ring (bicyclic) bond motifs is 3. The number of nitrogens with zero attached hydrogens (tertiary/aromatic N) is 4. The van der Waals surface area contributed by atoms with E-state index < -0.39 is 0 Å². The molecule has 0 radical (unpaired) electrons. The van der Waals surface area contributed by atoms with Gasteiger partial charge in [0.15, 0.2) is 11.4 Å². The van der Waals surface area contributed by atoms with Crippen molar-refractivity contribution in [3.8, 4) is 11.6 Å². The van der Waals surface area contributed by atoms with Crippen LogP contribution in [0, 0.1) is 6.92 Å². The number of halogens is 1. The summed E-state index contributed by atoms with van der Waals surface area (Å²) in [7, 11) is 0. The van der Waals surface area contributed by atoms with Gasteiger partial charge in [-0.15, -0.1) is 16.4 Å². The van der Waals surface area contributed by atoms with E-state index in [1.807, 2.05) is 24.3 Å². The molecule has 0 aliphatic rings. The van der Waals surface area contributed by atoms with Crippen LogP contribution in [0.3, 0.4) is 0 Å². The van der Waals surface area contributed by atoms with E-state index >= 15 is 0 Å². The van der Waals surface area contributed by atoms with Gasteiger partial charge in [-0.2, -0.15) is 4.52 Å². The third-order valence-electron chi connectivity index (χ3n) is 5.03. The van der Waals surface area contributed by atoms with E-state index in [1.54, 1.807) is 34.3 Å². The molecule has 5 rings (SSSR count). The summed E-state index contributed by atoms with van der Waals surface area (Å²) in [5.74, 6) is 0.944. The molecule has 4 aromatic heterocycles. The highest BCUT2D eigenvalue weighted by molar-refractivity contribution is 7.19. The Kier molecular flexibility index (Phi) is 4.29. The summed E-state index contributed by atoms with van der Waals surface area (Å²) in [5, 5.41) is 6.12. The Morgan fingerprint density at radius 3 is 2.69 bits per heavy atom. The summed E-state index contributed by atoms with van der Waals surface area (Å²) < 4.78 is 8.60. The molecule has 0 N–H and O–H groups in total. The zero-order valence-electron chi connectivity index (χ0n) is 15.8. The fourth-order valence-electron chi connectivity index (χ4n) is 3.64. The van der Waals surface area contributed by atoms with Crippen molar-refractivity contribution < 1.29 is 4.42 Å². The maximum absolute atomic E-state index is 13.4. The number of thiophene rings is 1. The quantitative estimate of drug-likeness (QED) is 0.410. The average molecular weight is 425 g/mol. The van der Waals surface area contributed by atoms with Gasteiger partial charge in [-0.05, 0) is 48.7 Å². The van der Waals surface area contributed by atoms with Crippen molar-refractivity contribution in [2.75, 3.05) is 0 Å². The zero-order valence-corrected chi connectivity index (χ0v) is 17.4. The fraction of sp³-hybridized carbons (Fsp3) is 0.190. The minimum atomic E-state index is -0.225. The van der Waals surface area contributed by atoms with Crippen molar-refractivity contribution in [1.82, 2.24) is 19.2 Å². The monoisotopic (exact) mass is 424 g/mol. The largest absolute Gasteiger partial charge is 0.461 e. The van der Waals surface area contributed by atoms with E-state index in [0.29, 0.717) is 28.8 Å². The summed E-state index contributed by atoms with van der Waals surface area (Å²) in [4.78, 5) is 20.1. The third-order valence-corrected chi connectivity index (χ3v) is 6.45. The maximum atomic E-state index is 13.4. The topological polar surface area (TPSA) is 65.3 Å². The first-order valence-electron chi connectivity index (χ1n) is 9.26. The first-order valence-corrected chi connectivity index (χ1v) is 10.5. The average Bonchev–Trinajstić information content (AvgIpc) is 3.44. The summed E-state index contributed by atoms with van der Waals surface area (Å²) in [6.07, 6.45) is 2.42. The van der Waals surface area contributed by atoms with Gasteiger partial charge in [-0.1, -0.05) is 30.7 Å². The van der Waals surface area contributed by atoms with Crippen molar-refractivity contribution in [3.63, 3.8) is 0 Å². The Bertz CT molecular complexity index is 1400. The van der Waals surface area contributed by atoms with Gasteiger partial charge in [-0.3, -0.25) is 4.57 Å². The molecule has 0 aliphatic carbocycles. The number of hydrogen-bond acceptors (Lipinski definition) is 5. The van der Waals surface area contributed by atoms with Gasteiger partial charge in [0.1, 0.15) is 4.83 Å². The molecule has 0 saturated carbocycles. The highest BCUT2D eigenvalue weighted by Crippen LogP contribution is 2.33. The second-order valence-corrected chi connectivity index (χ2v) is 8.45. The number of rotatable bonds is 4. The predicted octanol–water partition coefficient (Wildman–Crippen LogP) is 4.94. The number of hydrogen-bond donors (Lipinski definition) is 0. The number of aromatic nitrogens is 4. The minimum absolute atomic E-state index is 0.225. The highest BCUT2D eigenvalue weighted by Gasteiger charge is 2.22. The molecule has 0 aliphatic heterocycles. The Hall–Kier alpha value is -2.90. The fourth-order valence-corrected chi connectivity index (χ4v) is 4.99. The summed E-state index contributed by atoms with van der Waals surface area (Å²) in [5.41, 5.74) is 2.53. The summed E-state index contributed by atoms with van der Waals surface area (Å²) in [6, 6.07) is 11.1. The maximum Gasteiger partial charge on any atom is 0.352 e. The molecule has 0 amide bonds. The second kappa shape index (κ2) is 6.86. The van der Waals surface area contributed by atoms with Crippen molar-refractivity contribution in [1.29, 1.82) is 0 Å². The standard InChI is InChI=1S/C21H17ClN4O2S/c1-3-15-12(2)29-20-17(15)19-23-18(16-5-4-10-28-16)24-26(19)21(27)25(20)11-13-6-8-14(22)9-7-13/h4-10H,3,11H2,1-2H3. The van der Waals surface area contributed by atoms with Crippen LogP contribution in [0.15, 0.2) is 51.9 Å². The lowest BCUT2D eigenvalue weighted by atomic mass is 10.1. The molecule has 0 unspecified atom stereocenters. The molecule has 29 heavy (non-hydrogen) atoms. The third kappa shape index (κ3) is 2.89. The summed E-state index contributed by atoms with van der Waals surface area (Å²) >= 11 is 7.64. The molecule has 0 spiro atoms.